The van der Waals surface area contributed by atoms with Crippen molar-refractivity contribution >= 4 is 0 Å². The molecule has 0 bridgehead atoms. The van der Waals surface area contributed by atoms with Crippen LogP contribution in [0.25, 0.3) is 0 Å². The Kier molecular flexibility index (Phi) is 26.5. The van der Waals surface area contributed by atoms with E-state index >= 15 is 0 Å². The fourth-order valence-corrected chi connectivity index (χ4v) is 6.62. The third-order valence-electron chi connectivity index (χ3n) is 8.91. The van der Waals surface area contributed by atoms with Gasteiger partial charge in [-0.15, -0.1) is 0 Å². The Balaban J connectivity index is 0. The number of benzene rings is 2. The Hall–Kier alpha value is -1.63. The third kappa shape index (κ3) is 39.6. The number of unbranched alkanes of at least 4 members (excludes halogenated alkanes) is 3. The van der Waals surface area contributed by atoms with Crippen LogP contribution < -0.4 is 0 Å². The van der Waals surface area contributed by atoms with Crippen LogP contribution in [0.4, 0.5) is 4.39 Å². The van der Waals surface area contributed by atoms with Gasteiger partial charge in [0.05, 0.1) is 0 Å². The molecule has 0 nitrogen and oxygen atoms in total. The highest BCUT2D eigenvalue weighted by Crippen LogP contribution is 2.34. The molecule has 1 saturated carbocycles. The Bertz CT molecular complexity index is 1020. The molecule has 0 heterocycles. The van der Waals surface area contributed by atoms with Gasteiger partial charge in [-0.25, -0.2) is 4.39 Å². The summed E-state index contributed by atoms with van der Waals surface area (Å²) in [6, 6.07) is 15.5. The Morgan fingerprint density at radius 3 is 1.23 bits per heavy atom. The van der Waals surface area contributed by atoms with Gasteiger partial charge in [0.25, 0.3) is 0 Å². The molecule has 304 valence electrons. The molecule has 0 aromatic heterocycles. The van der Waals surface area contributed by atoms with Crippen LogP contribution in [0.5, 0.6) is 0 Å². The van der Waals surface area contributed by atoms with Gasteiger partial charge in [-0.1, -0.05) is 224 Å². The lowest BCUT2D eigenvalue weighted by Crippen LogP contribution is -2.15. The first-order valence-electron chi connectivity index (χ1n) is 21.4. The molecule has 0 saturated heterocycles. The van der Waals surface area contributed by atoms with Crippen LogP contribution in [-0.4, -0.2) is 0 Å². The topological polar surface area (TPSA) is 0 Å². The second kappa shape index (κ2) is 26.2. The highest BCUT2D eigenvalue weighted by molar-refractivity contribution is 5.22. The summed E-state index contributed by atoms with van der Waals surface area (Å²) in [6.07, 6.45) is 20.7. The van der Waals surface area contributed by atoms with E-state index < -0.39 is 0 Å². The molecule has 0 atom stereocenters. The van der Waals surface area contributed by atoms with E-state index in [-0.39, 0.29) is 11.2 Å². The fourth-order valence-electron chi connectivity index (χ4n) is 6.62. The number of hydrogen-bond acceptors (Lipinski definition) is 0. The lowest BCUT2D eigenvalue weighted by molar-refractivity contribution is 0.240. The first kappa shape index (κ1) is 52.5. The number of hydrogen-bond donors (Lipinski definition) is 0. The highest BCUT2D eigenvalue weighted by atomic mass is 19.1. The minimum Gasteiger partial charge on any atom is -0.207 e. The smallest absolute Gasteiger partial charge is 0.123 e. The molecule has 1 aliphatic carbocycles. The van der Waals surface area contributed by atoms with Gasteiger partial charge < -0.3 is 0 Å². The molecule has 1 heteroatoms. The van der Waals surface area contributed by atoms with E-state index in [1.54, 1.807) is 0 Å². The lowest BCUT2D eigenvalue weighted by atomic mass is 9.78. The molecule has 0 radical (unpaired) electrons. The number of halogens is 1. The van der Waals surface area contributed by atoms with Gasteiger partial charge in [0.2, 0.25) is 0 Å². The zero-order valence-corrected chi connectivity index (χ0v) is 38.7. The van der Waals surface area contributed by atoms with Crippen molar-refractivity contribution in [3.63, 3.8) is 0 Å². The normalized spacial score (nSPS) is 14.0. The lowest BCUT2D eigenvalue weighted by Gasteiger charge is -2.28. The van der Waals surface area contributed by atoms with Crippen molar-refractivity contribution in [2.45, 2.75) is 221 Å². The van der Waals surface area contributed by atoms with E-state index in [4.69, 9.17) is 0 Å². The second-order valence-electron chi connectivity index (χ2n) is 22.0. The molecule has 1 fully saturated rings. The second-order valence-corrected chi connectivity index (χ2v) is 22.0. The monoisotopic (exact) mass is 725 g/mol. The third-order valence-corrected chi connectivity index (χ3v) is 8.91. The molecule has 0 aliphatic heterocycles. The van der Waals surface area contributed by atoms with E-state index in [0.717, 1.165) is 18.8 Å². The minimum absolute atomic E-state index is 0.160. The van der Waals surface area contributed by atoms with Crippen molar-refractivity contribution in [2.75, 3.05) is 0 Å². The molecule has 3 rings (SSSR count). The average Bonchev–Trinajstić information content (AvgIpc) is 2.96. The molecule has 1 aliphatic rings. The molecular formula is C51H93F. The van der Waals surface area contributed by atoms with Crippen molar-refractivity contribution in [1.29, 1.82) is 0 Å². The maximum atomic E-state index is 12.5. The zero-order chi connectivity index (χ0) is 40.7. The SMILES string of the molecule is CC(C)(C)CC1CCCCC1.CC(C)(C)Cc1ccc(F)cc1.CCCC(C)(C)C.CCCCCCC(C)(C)C.Cc1ccc(CC(C)(C)C)cc1. The van der Waals surface area contributed by atoms with Crippen molar-refractivity contribution < 1.29 is 4.39 Å². The van der Waals surface area contributed by atoms with Crippen LogP contribution in [-0.2, 0) is 12.8 Å². The molecule has 0 amide bonds. The number of rotatable bonds is 8. The standard InChI is InChI=1S/C12H18.C11H15F.C11H22.C10H22.C7H16/c1-10-5-7-11(8-6-10)9-12(2,3)4;1-11(2,3)8-9-4-6-10(12)7-5-9;1-11(2,3)9-10-7-5-4-6-8-10;1-5-6-7-8-9-10(2,3)4;1-5-6-7(2,3)4/h5-8H,9H2,1-4H3;4-7H,8H2,1-3H3;10H,4-9H2,1-3H3;5-9H2,1-4H3;5-6H2,1-4H3. The van der Waals surface area contributed by atoms with E-state index in [1.165, 1.54) is 112 Å². The Morgan fingerprint density at radius 2 is 0.904 bits per heavy atom. The quantitative estimate of drug-likeness (QED) is 0.238. The minimum atomic E-state index is -0.160. The van der Waals surface area contributed by atoms with Gasteiger partial charge in [-0.05, 0) is 95.3 Å². The molecule has 0 N–H and O–H groups in total. The van der Waals surface area contributed by atoms with Gasteiger partial charge in [0.1, 0.15) is 5.82 Å². The largest absolute Gasteiger partial charge is 0.207 e. The van der Waals surface area contributed by atoms with Crippen LogP contribution in [0, 0.1) is 45.7 Å². The molecule has 2 aromatic rings. The average molecular weight is 725 g/mol. The maximum absolute atomic E-state index is 12.5. The van der Waals surface area contributed by atoms with Crippen LogP contribution in [0.3, 0.4) is 0 Å². The van der Waals surface area contributed by atoms with Crippen molar-refractivity contribution in [3.8, 4) is 0 Å². The van der Waals surface area contributed by atoms with E-state index in [2.05, 4.69) is 149 Å². The summed E-state index contributed by atoms with van der Waals surface area (Å²) < 4.78 is 12.5. The summed E-state index contributed by atoms with van der Waals surface area (Å²) in [7, 11) is 0. The van der Waals surface area contributed by atoms with Crippen LogP contribution >= 0.6 is 0 Å². The fraction of sp³-hybridized carbons (Fsp3) is 0.765. The molecule has 0 unspecified atom stereocenters. The predicted molar refractivity (Wildman–Crippen MR) is 237 cm³/mol. The molecule has 2 aromatic carbocycles. The molecule has 52 heavy (non-hydrogen) atoms. The van der Waals surface area contributed by atoms with Gasteiger partial charge in [-0.3, -0.25) is 0 Å². The summed E-state index contributed by atoms with van der Waals surface area (Å²) in [5, 5.41) is 0. The van der Waals surface area contributed by atoms with E-state index in [0.29, 0.717) is 21.7 Å². The first-order chi connectivity index (χ1) is 23.6. The zero-order valence-electron chi connectivity index (χ0n) is 38.7. The van der Waals surface area contributed by atoms with Crippen LogP contribution in [0.15, 0.2) is 48.5 Å². The van der Waals surface area contributed by atoms with Crippen LogP contribution in [0.2, 0.25) is 0 Å². The number of aryl methyl sites for hydroxylation is 1. The van der Waals surface area contributed by atoms with Gasteiger partial charge in [0, 0.05) is 0 Å². The van der Waals surface area contributed by atoms with Crippen molar-refractivity contribution in [1.82, 2.24) is 0 Å². The summed E-state index contributed by atoms with van der Waals surface area (Å²) in [5.74, 6) is 0.886. The highest BCUT2D eigenvalue weighted by Gasteiger charge is 2.20. The molecular weight excluding hydrogens is 632 g/mol. The molecule has 0 spiro atoms. The van der Waals surface area contributed by atoms with Crippen molar-refractivity contribution in [2.24, 2.45) is 33.0 Å². The summed E-state index contributed by atoms with van der Waals surface area (Å²) in [5.41, 5.74) is 6.31. The van der Waals surface area contributed by atoms with E-state index in [1.807, 2.05) is 12.1 Å². The summed E-state index contributed by atoms with van der Waals surface area (Å²) in [4.78, 5) is 0. The van der Waals surface area contributed by atoms with Crippen LogP contribution in [0.1, 0.15) is 218 Å². The van der Waals surface area contributed by atoms with Gasteiger partial charge >= 0.3 is 0 Å². The maximum Gasteiger partial charge on any atom is 0.123 e. The van der Waals surface area contributed by atoms with Gasteiger partial charge in [-0.2, -0.15) is 0 Å². The van der Waals surface area contributed by atoms with Gasteiger partial charge in [0.15, 0.2) is 0 Å². The van der Waals surface area contributed by atoms with E-state index in [9.17, 15) is 4.39 Å². The predicted octanol–water partition coefficient (Wildman–Crippen LogP) is 17.8. The summed E-state index contributed by atoms with van der Waals surface area (Å²) in [6.45, 7) is 40.8. The first-order valence-corrected chi connectivity index (χ1v) is 21.4. The Morgan fingerprint density at radius 1 is 0.481 bits per heavy atom. The summed E-state index contributed by atoms with van der Waals surface area (Å²) >= 11 is 0. The van der Waals surface area contributed by atoms with Crippen molar-refractivity contribution in [3.05, 3.63) is 71.0 Å². The Labute approximate surface area is 328 Å².